The van der Waals surface area contributed by atoms with Gasteiger partial charge in [-0.2, -0.15) is 0 Å². The van der Waals surface area contributed by atoms with Crippen LogP contribution in [0.5, 0.6) is 0 Å². The SMILES string of the molecule is Cc1cccc(C)c1NCC(=O)Nc1ccc(N(C)C)cc1. The van der Waals surface area contributed by atoms with E-state index in [0.29, 0.717) is 0 Å². The number of carbonyl (C=O) groups excluding carboxylic acids is 1. The summed E-state index contributed by atoms with van der Waals surface area (Å²) in [4.78, 5) is 14.1. The lowest BCUT2D eigenvalue weighted by Crippen LogP contribution is -2.22. The van der Waals surface area contributed by atoms with Crippen molar-refractivity contribution in [2.24, 2.45) is 0 Å². The highest BCUT2D eigenvalue weighted by Gasteiger charge is 2.06. The molecule has 1 amide bonds. The molecule has 2 aromatic carbocycles. The molecule has 2 aromatic rings. The molecule has 2 rings (SSSR count). The maximum atomic E-state index is 12.0. The third kappa shape index (κ3) is 4.01. The highest BCUT2D eigenvalue weighted by atomic mass is 16.1. The molecule has 0 radical (unpaired) electrons. The number of nitrogens with zero attached hydrogens (tertiary/aromatic N) is 1. The van der Waals surface area contributed by atoms with Gasteiger partial charge in [-0.05, 0) is 49.2 Å². The molecule has 2 N–H and O–H groups in total. The van der Waals surface area contributed by atoms with Crippen LogP contribution in [0.3, 0.4) is 0 Å². The molecule has 0 aliphatic carbocycles. The molecule has 22 heavy (non-hydrogen) atoms. The summed E-state index contributed by atoms with van der Waals surface area (Å²) >= 11 is 0. The van der Waals surface area contributed by atoms with Crippen molar-refractivity contribution in [2.45, 2.75) is 13.8 Å². The van der Waals surface area contributed by atoms with Crippen molar-refractivity contribution >= 4 is 23.0 Å². The Morgan fingerprint density at radius 1 is 1.00 bits per heavy atom. The van der Waals surface area contributed by atoms with Gasteiger partial charge in [-0.25, -0.2) is 0 Å². The molecule has 0 fully saturated rings. The Balaban J connectivity index is 1.93. The van der Waals surface area contributed by atoms with E-state index in [1.54, 1.807) is 0 Å². The topological polar surface area (TPSA) is 44.4 Å². The van der Waals surface area contributed by atoms with Gasteiger partial charge < -0.3 is 15.5 Å². The number of anilines is 3. The number of aryl methyl sites for hydroxylation is 2. The van der Waals surface area contributed by atoms with Crippen molar-refractivity contribution in [2.75, 3.05) is 36.2 Å². The molecule has 4 heteroatoms. The number of hydrogen-bond acceptors (Lipinski definition) is 3. The minimum Gasteiger partial charge on any atom is -0.378 e. The normalized spacial score (nSPS) is 10.2. The first-order chi connectivity index (χ1) is 10.5. The molecule has 0 aliphatic rings. The van der Waals surface area contributed by atoms with Gasteiger partial charge in [0.2, 0.25) is 5.91 Å². The van der Waals surface area contributed by atoms with Crippen LogP contribution in [0.1, 0.15) is 11.1 Å². The van der Waals surface area contributed by atoms with E-state index < -0.39 is 0 Å². The molecular formula is C18H23N3O. The molecule has 0 aromatic heterocycles. The summed E-state index contributed by atoms with van der Waals surface area (Å²) in [6.45, 7) is 4.32. The first-order valence-electron chi connectivity index (χ1n) is 7.34. The average Bonchev–Trinajstić information content (AvgIpc) is 2.47. The maximum Gasteiger partial charge on any atom is 0.243 e. The number of para-hydroxylation sites is 1. The summed E-state index contributed by atoms with van der Waals surface area (Å²) in [5, 5.41) is 6.11. The molecule has 0 unspecified atom stereocenters. The predicted octanol–water partition coefficient (Wildman–Crippen LogP) is 3.42. The van der Waals surface area contributed by atoms with Gasteiger partial charge in [0.05, 0.1) is 6.54 Å². The highest BCUT2D eigenvalue weighted by molar-refractivity contribution is 5.94. The van der Waals surface area contributed by atoms with E-state index in [1.165, 1.54) is 0 Å². The fraction of sp³-hybridized carbons (Fsp3) is 0.278. The van der Waals surface area contributed by atoms with Gasteiger partial charge in [0.1, 0.15) is 0 Å². The number of hydrogen-bond donors (Lipinski definition) is 2. The standard InChI is InChI=1S/C18H23N3O/c1-13-6-5-7-14(2)18(13)19-12-17(22)20-15-8-10-16(11-9-15)21(3)4/h5-11,19H,12H2,1-4H3,(H,20,22). The average molecular weight is 297 g/mol. The Bertz CT molecular complexity index is 628. The summed E-state index contributed by atoms with van der Waals surface area (Å²) in [5.41, 5.74) is 5.22. The van der Waals surface area contributed by atoms with E-state index in [0.717, 1.165) is 28.2 Å². The molecule has 0 saturated carbocycles. The number of amides is 1. The molecule has 0 spiro atoms. The molecule has 0 atom stereocenters. The van der Waals surface area contributed by atoms with Crippen molar-refractivity contribution < 1.29 is 4.79 Å². The summed E-state index contributed by atoms with van der Waals surface area (Å²) in [7, 11) is 3.98. The monoisotopic (exact) mass is 297 g/mol. The second-order valence-electron chi connectivity index (χ2n) is 5.61. The van der Waals surface area contributed by atoms with Gasteiger partial charge >= 0.3 is 0 Å². The third-order valence-electron chi connectivity index (χ3n) is 3.57. The number of carbonyl (C=O) groups is 1. The first kappa shape index (κ1) is 15.9. The van der Waals surface area contributed by atoms with Crippen LogP contribution in [0.25, 0.3) is 0 Å². The lowest BCUT2D eigenvalue weighted by molar-refractivity contribution is -0.114. The molecule has 0 bridgehead atoms. The predicted molar refractivity (Wildman–Crippen MR) is 93.8 cm³/mol. The third-order valence-corrected chi connectivity index (χ3v) is 3.57. The summed E-state index contributed by atoms with van der Waals surface area (Å²) in [6.07, 6.45) is 0. The fourth-order valence-corrected chi connectivity index (χ4v) is 2.31. The maximum absolute atomic E-state index is 12.0. The Morgan fingerprint density at radius 3 is 2.14 bits per heavy atom. The zero-order valence-corrected chi connectivity index (χ0v) is 13.6. The van der Waals surface area contributed by atoms with Crippen LogP contribution < -0.4 is 15.5 Å². The molecule has 116 valence electrons. The van der Waals surface area contributed by atoms with Crippen LogP contribution in [0, 0.1) is 13.8 Å². The van der Waals surface area contributed by atoms with Crippen LogP contribution >= 0.6 is 0 Å². The summed E-state index contributed by atoms with van der Waals surface area (Å²) < 4.78 is 0. The van der Waals surface area contributed by atoms with Crippen LogP contribution in [0.2, 0.25) is 0 Å². The molecular weight excluding hydrogens is 274 g/mol. The number of nitrogens with one attached hydrogen (secondary N) is 2. The fourth-order valence-electron chi connectivity index (χ4n) is 2.31. The largest absolute Gasteiger partial charge is 0.378 e. The highest BCUT2D eigenvalue weighted by Crippen LogP contribution is 2.19. The second-order valence-corrected chi connectivity index (χ2v) is 5.61. The minimum absolute atomic E-state index is 0.0553. The van der Waals surface area contributed by atoms with E-state index in [9.17, 15) is 4.79 Å². The second kappa shape index (κ2) is 6.98. The Labute approximate surface area is 132 Å². The van der Waals surface area contributed by atoms with E-state index >= 15 is 0 Å². The van der Waals surface area contributed by atoms with E-state index in [1.807, 2.05) is 75.3 Å². The molecule has 0 heterocycles. The van der Waals surface area contributed by atoms with Crippen molar-refractivity contribution in [1.82, 2.24) is 0 Å². The van der Waals surface area contributed by atoms with Gasteiger partial charge in [0.15, 0.2) is 0 Å². The zero-order chi connectivity index (χ0) is 16.1. The Kier molecular flexibility index (Phi) is 5.04. The van der Waals surface area contributed by atoms with Crippen LogP contribution in [-0.4, -0.2) is 26.5 Å². The van der Waals surface area contributed by atoms with Crippen molar-refractivity contribution in [3.63, 3.8) is 0 Å². The summed E-state index contributed by atoms with van der Waals surface area (Å²) in [5.74, 6) is -0.0553. The van der Waals surface area contributed by atoms with Crippen LogP contribution in [0.15, 0.2) is 42.5 Å². The van der Waals surface area contributed by atoms with Gasteiger partial charge in [0.25, 0.3) is 0 Å². The van der Waals surface area contributed by atoms with E-state index in [-0.39, 0.29) is 12.5 Å². The van der Waals surface area contributed by atoms with Gasteiger partial charge in [0, 0.05) is 31.2 Å². The lowest BCUT2D eigenvalue weighted by atomic mass is 10.1. The summed E-state index contributed by atoms with van der Waals surface area (Å²) in [6, 6.07) is 13.9. The van der Waals surface area contributed by atoms with Crippen LogP contribution in [-0.2, 0) is 4.79 Å². The van der Waals surface area contributed by atoms with E-state index in [2.05, 4.69) is 10.6 Å². The van der Waals surface area contributed by atoms with Crippen molar-refractivity contribution in [3.05, 3.63) is 53.6 Å². The quantitative estimate of drug-likeness (QED) is 0.889. The lowest BCUT2D eigenvalue weighted by Gasteiger charge is -2.14. The Hall–Kier alpha value is -2.49. The van der Waals surface area contributed by atoms with Crippen LogP contribution in [0.4, 0.5) is 17.1 Å². The number of benzene rings is 2. The number of rotatable bonds is 5. The Morgan fingerprint density at radius 2 is 1.59 bits per heavy atom. The molecule has 0 saturated heterocycles. The first-order valence-corrected chi connectivity index (χ1v) is 7.34. The van der Waals surface area contributed by atoms with E-state index in [4.69, 9.17) is 0 Å². The van der Waals surface area contributed by atoms with Crippen molar-refractivity contribution in [3.8, 4) is 0 Å². The molecule has 4 nitrogen and oxygen atoms in total. The van der Waals surface area contributed by atoms with Gasteiger partial charge in [-0.1, -0.05) is 18.2 Å². The van der Waals surface area contributed by atoms with Gasteiger partial charge in [-0.15, -0.1) is 0 Å². The minimum atomic E-state index is -0.0553. The van der Waals surface area contributed by atoms with Gasteiger partial charge in [-0.3, -0.25) is 4.79 Å². The smallest absolute Gasteiger partial charge is 0.243 e. The molecule has 0 aliphatic heterocycles. The van der Waals surface area contributed by atoms with Crippen molar-refractivity contribution in [1.29, 1.82) is 0 Å². The zero-order valence-electron chi connectivity index (χ0n) is 13.6.